The van der Waals surface area contributed by atoms with Gasteiger partial charge < -0.3 is 9.15 Å². The predicted molar refractivity (Wildman–Crippen MR) is 71.5 cm³/mol. The van der Waals surface area contributed by atoms with Gasteiger partial charge in [0.25, 0.3) is 5.89 Å². The zero-order chi connectivity index (χ0) is 13.8. The van der Waals surface area contributed by atoms with E-state index in [1.807, 2.05) is 0 Å². The quantitative estimate of drug-likeness (QED) is 0.853. The van der Waals surface area contributed by atoms with Gasteiger partial charge in [-0.25, -0.2) is 4.98 Å². The first-order chi connectivity index (χ1) is 9.81. The Morgan fingerprint density at radius 3 is 3.05 bits per heavy atom. The van der Waals surface area contributed by atoms with Gasteiger partial charge in [-0.1, -0.05) is 19.8 Å². The number of nitrogens with zero attached hydrogens (tertiary/aromatic N) is 4. The van der Waals surface area contributed by atoms with Gasteiger partial charge >= 0.3 is 0 Å². The fraction of sp³-hybridized carbons (Fsp3) is 0.571. The maximum atomic E-state index is 5.86. The highest BCUT2D eigenvalue weighted by molar-refractivity contribution is 5.42. The van der Waals surface area contributed by atoms with Crippen molar-refractivity contribution in [3.8, 4) is 11.6 Å². The second kappa shape index (κ2) is 6.09. The molecule has 6 heteroatoms. The minimum atomic E-state index is 0.311. The Kier molecular flexibility index (Phi) is 4.01. The van der Waals surface area contributed by atoms with Crippen LogP contribution >= 0.6 is 0 Å². The second-order valence-electron chi connectivity index (χ2n) is 5.30. The molecule has 6 nitrogen and oxygen atoms in total. The van der Waals surface area contributed by atoms with Crippen LogP contribution in [-0.2, 0) is 11.3 Å². The fourth-order valence-electron chi connectivity index (χ4n) is 2.54. The van der Waals surface area contributed by atoms with Gasteiger partial charge in [0.1, 0.15) is 12.3 Å². The van der Waals surface area contributed by atoms with Crippen molar-refractivity contribution < 1.29 is 9.15 Å². The second-order valence-corrected chi connectivity index (χ2v) is 5.30. The van der Waals surface area contributed by atoms with Crippen molar-refractivity contribution in [2.75, 3.05) is 0 Å². The molecule has 2 aromatic heterocycles. The number of rotatable bonds is 4. The number of ether oxygens (including phenoxy) is 1. The molecule has 1 saturated carbocycles. The van der Waals surface area contributed by atoms with Crippen LogP contribution in [0.15, 0.2) is 23.0 Å². The molecule has 106 valence electrons. The summed E-state index contributed by atoms with van der Waals surface area (Å²) in [6.45, 7) is 2.64. The van der Waals surface area contributed by atoms with Gasteiger partial charge in [0.2, 0.25) is 5.89 Å². The van der Waals surface area contributed by atoms with E-state index in [0.717, 1.165) is 18.8 Å². The van der Waals surface area contributed by atoms with Crippen molar-refractivity contribution in [1.29, 1.82) is 0 Å². The molecule has 0 aliphatic heterocycles. The monoisotopic (exact) mass is 274 g/mol. The normalized spacial score (nSPS) is 22.9. The third-order valence-electron chi connectivity index (χ3n) is 3.58. The van der Waals surface area contributed by atoms with E-state index in [-0.39, 0.29) is 0 Å². The van der Waals surface area contributed by atoms with E-state index in [2.05, 4.69) is 27.1 Å². The molecule has 0 bridgehead atoms. The third kappa shape index (κ3) is 3.19. The summed E-state index contributed by atoms with van der Waals surface area (Å²) < 4.78 is 11.4. The lowest BCUT2D eigenvalue weighted by atomic mass is 9.89. The van der Waals surface area contributed by atoms with Gasteiger partial charge in [-0.15, -0.1) is 10.2 Å². The Morgan fingerprint density at radius 1 is 1.30 bits per heavy atom. The minimum absolute atomic E-state index is 0.311. The molecule has 0 amide bonds. The number of aromatic nitrogens is 4. The molecule has 1 aliphatic carbocycles. The van der Waals surface area contributed by atoms with Gasteiger partial charge in [-0.3, -0.25) is 4.98 Å². The first-order valence-electron chi connectivity index (χ1n) is 7.01. The molecule has 0 radical (unpaired) electrons. The van der Waals surface area contributed by atoms with E-state index in [4.69, 9.17) is 9.15 Å². The van der Waals surface area contributed by atoms with Crippen molar-refractivity contribution in [3.05, 3.63) is 24.5 Å². The lowest BCUT2D eigenvalue weighted by Crippen LogP contribution is -2.21. The molecule has 1 aliphatic rings. The Morgan fingerprint density at radius 2 is 2.25 bits per heavy atom. The van der Waals surface area contributed by atoms with E-state index < -0.39 is 0 Å². The first-order valence-corrected chi connectivity index (χ1v) is 7.01. The summed E-state index contributed by atoms with van der Waals surface area (Å²) in [5.41, 5.74) is 0.581. The number of hydrogen-bond donors (Lipinski definition) is 0. The summed E-state index contributed by atoms with van der Waals surface area (Å²) in [4.78, 5) is 8.10. The molecule has 3 rings (SSSR count). The molecular weight excluding hydrogens is 256 g/mol. The summed E-state index contributed by atoms with van der Waals surface area (Å²) in [6, 6.07) is 0. The van der Waals surface area contributed by atoms with Crippen LogP contribution in [0.5, 0.6) is 0 Å². The lowest BCUT2D eigenvalue weighted by Gasteiger charge is -2.26. The molecule has 2 heterocycles. The topological polar surface area (TPSA) is 73.9 Å². The highest BCUT2D eigenvalue weighted by Crippen LogP contribution is 2.26. The summed E-state index contributed by atoms with van der Waals surface area (Å²) in [6.07, 6.45) is 9.89. The van der Waals surface area contributed by atoms with Crippen molar-refractivity contribution in [2.24, 2.45) is 5.92 Å². The molecule has 0 spiro atoms. The van der Waals surface area contributed by atoms with Gasteiger partial charge in [-0.05, 0) is 18.8 Å². The molecule has 20 heavy (non-hydrogen) atoms. The smallest absolute Gasteiger partial charge is 0.267 e. The average Bonchev–Trinajstić information content (AvgIpc) is 2.95. The van der Waals surface area contributed by atoms with Crippen molar-refractivity contribution in [3.63, 3.8) is 0 Å². The summed E-state index contributed by atoms with van der Waals surface area (Å²) in [5, 5.41) is 7.95. The van der Waals surface area contributed by atoms with Crippen LogP contribution in [-0.4, -0.2) is 26.3 Å². The van der Waals surface area contributed by atoms with Crippen molar-refractivity contribution in [2.45, 2.75) is 45.3 Å². The van der Waals surface area contributed by atoms with Gasteiger partial charge in [-0.2, -0.15) is 0 Å². The van der Waals surface area contributed by atoms with E-state index in [9.17, 15) is 0 Å². The maximum Gasteiger partial charge on any atom is 0.267 e. The third-order valence-corrected chi connectivity index (χ3v) is 3.58. The summed E-state index contributed by atoms with van der Waals surface area (Å²) in [7, 11) is 0. The van der Waals surface area contributed by atoms with Gasteiger partial charge in [0, 0.05) is 12.4 Å². The summed E-state index contributed by atoms with van der Waals surface area (Å²) in [5.74, 6) is 1.61. The van der Waals surface area contributed by atoms with E-state index in [1.165, 1.54) is 12.8 Å². The van der Waals surface area contributed by atoms with Crippen molar-refractivity contribution >= 4 is 0 Å². The zero-order valence-electron chi connectivity index (χ0n) is 11.5. The highest BCUT2D eigenvalue weighted by atomic mass is 16.5. The Labute approximate surface area is 117 Å². The molecule has 0 saturated heterocycles. The molecule has 2 atom stereocenters. The Hall–Kier alpha value is -1.82. The van der Waals surface area contributed by atoms with Gasteiger partial charge in [0.15, 0.2) is 0 Å². The predicted octanol–water partition coefficient (Wildman–Crippen LogP) is 2.62. The van der Waals surface area contributed by atoms with Crippen LogP contribution in [0.25, 0.3) is 11.6 Å². The van der Waals surface area contributed by atoms with E-state index in [0.29, 0.717) is 30.2 Å². The van der Waals surface area contributed by atoms with Gasteiger partial charge in [0.05, 0.1) is 12.3 Å². The largest absolute Gasteiger partial charge is 0.417 e. The van der Waals surface area contributed by atoms with Crippen LogP contribution in [0.4, 0.5) is 0 Å². The molecule has 1 fully saturated rings. The zero-order valence-corrected chi connectivity index (χ0v) is 11.5. The maximum absolute atomic E-state index is 5.86. The van der Waals surface area contributed by atoms with E-state index >= 15 is 0 Å². The SMILES string of the molecule is C[C@@H]1CCC[C@@H](OCc2nnc(-c3cnccn3)o2)C1. The molecule has 0 N–H and O–H groups in total. The lowest BCUT2D eigenvalue weighted by molar-refractivity contribution is -0.00444. The average molecular weight is 274 g/mol. The van der Waals surface area contributed by atoms with Crippen LogP contribution in [0.2, 0.25) is 0 Å². The Bertz CT molecular complexity index is 543. The van der Waals surface area contributed by atoms with Crippen LogP contribution in [0, 0.1) is 5.92 Å². The van der Waals surface area contributed by atoms with Crippen LogP contribution < -0.4 is 0 Å². The van der Waals surface area contributed by atoms with Crippen molar-refractivity contribution in [1.82, 2.24) is 20.2 Å². The molecule has 2 aromatic rings. The Balaban J connectivity index is 1.58. The van der Waals surface area contributed by atoms with Crippen LogP contribution in [0.3, 0.4) is 0 Å². The van der Waals surface area contributed by atoms with Crippen LogP contribution in [0.1, 0.15) is 38.5 Å². The molecular formula is C14H18N4O2. The highest BCUT2D eigenvalue weighted by Gasteiger charge is 2.20. The minimum Gasteiger partial charge on any atom is -0.417 e. The fourth-order valence-corrected chi connectivity index (χ4v) is 2.54. The van der Waals surface area contributed by atoms with E-state index in [1.54, 1.807) is 18.6 Å². The number of hydrogen-bond acceptors (Lipinski definition) is 6. The summed E-state index contributed by atoms with van der Waals surface area (Å²) >= 11 is 0. The standard InChI is InChI=1S/C14H18N4O2/c1-10-3-2-4-11(7-10)19-9-13-17-18-14(20-13)12-8-15-5-6-16-12/h5-6,8,10-11H,2-4,7,9H2,1H3/t10-,11-/m1/s1. The first kappa shape index (κ1) is 13.2. The molecule has 0 aromatic carbocycles. The molecule has 0 unspecified atom stereocenters.